The summed E-state index contributed by atoms with van der Waals surface area (Å²) < 4.78 is 29.6. The van der Waals surface area contributed by atoms with Crippen molar-refractivity contribution in [2.24, 2.45) is 4.40 Å². The number of hydrogen-bond acceptors (Lipinski definition) is 6. The summed E-state index contributed by atoms with van der Waals surface area (Å²) in [4.78, 5) is 17.2. The van der Waals surface area contributed by atoms with Crippen molar-refractivity contribution in [2.75, 3.05) is 10.6 Å². The van der Waals surface area contributed by atoms with Crippen LogP contribution < -0.4 is 10.6 Å². The van der Waals surface area contributed by atoms with Gasteiger partial charge in [-0.2, -0.15) is 8.42 Å². The van der Waals surface area contributed by atoms with Gasteiger partial charge in [-0.3, -0.25) is 4.79 Å². The number of anilines is 2. The summed E-state index contributed by atoms with van der Waals surface area (Å²) in [6.45, 7) is 2.07. The fourth-order valence-corrected chi connectivity index (χ4v) is 6.01. The van der Waals surface area contributed by atoms with Crippen LogP contribution in [-0.4, -0.2) is 25.1 Å². The van der Waals surface area contributed by atoms with Gasteiger partial charge in [0.15, 0.2) is 0 Å². The van der Waals surface area contributed by atoms with Crippen LogP contribution in [-0.2, 0) is 14.8 Å². The normalized spacial score (nSPS) is 14.2. The quantitative estimate of drug-likeness (QED) is 0.367. The molecule has 0 saturated carbocycles. The number of para-hydroxylation sites is 1. The number of nitrogens with one attached hydrogen (secondary N) is 2. The van der Waals surface area contributed by atoms with E-state index in [0.29, 0.717) is 30.1 Å². The molecule has 2 N–H and O–H groups in total. The molecule has 4 aromatic rings. The van der Waals surface area contributed by atoms with Gasteiger partial charge in [-0.15, -0.1) is 15.7 Å². The fraction of sp³-hybridized carbons (Fsp3) is 0.160. The summed E-state index contributed by atoms with van der Waals surface area (Å²) in [6, 6.07) is 20.5. The van der Waals surface area contributed by atoms with Crippen molar-refractivity contribution in [3.63, 3.8) is 0 Å². The minimum atomic E-state index is -3.71. The molecule has 5 rings (SSSR count). The Hall–Kier alpha value is -3.56. The largest absolute Gasteiger partial charge is 0.342 e. The van der Waals surface area contributed by atoms with Crippen molar-refractivity contribution in [1.82, 2.24) is 4.98 Å². The molecule has 0 saturated heterocycles. The van der Waals surface area contributed by atoms with Crippen LogP contribution in [0, 0.1) is 6.92 Å². The standard InChI is InChI=1S/C25H22N4O3S2/c1-16-9-14-19-21(15-16)33-25(28-19)17-10-12-18(13-11-17)26-24(30)8-4-7-23-27-20-5-2-3-6-22(20)34(31,32)29-23/h2-3,5-6,9-15H,4,7-8H2,1H3,(H,26,30)(H,27,29). The monoisotopic (exact) mass is 490 g/mol. The lowest BCUT2D eigenvalue weighted by Gasteiger charge is -2.17. The second-order valence-electron chi connectivity index (χ2n) is 8.10. The maximum absolute atomic E-state index is 12.4. The maximum atomic E-state index is 12.4. The van der Waals surface area contributed by atoms with Gasteiger partial charge in [0, 0.05) is 24.1 Å². The van der Waals surface area contributed by atoms with Crippen molar-refractivity contribution < 1.29 is 13.2 Å². The van der Waals surface area contributed by atoms with Crippen molar-refractivity contribution in [1.29, 1.82) is 0 Å². The number of fused-ring (bicyclic) bond motifs is 2. The molecule has 9 heteroatoms. The van der Waals surface area contributed by atoms with E-state index in [4.69, 9.17) is 4.98 Å². The number of aromatic nitrogens is 1. The zero-order valence-electron chi connectivity index (χ0n) is 18.4. The zero-order chi connectivity index (χ0) is 23.7. The highest BCUT2D eigenvalue weighted by Gasteiger charge is 2.24. The first-order chi connectivity index (χ1) is 16.4. The molecule has 0 bridgehead atoms. The molecule has 7 nitrogen and oxygen atoms in total. The lowest BCUT2D eigenvalue weighted by atomic mass is 10.2. The molecule has 0 radical (unpaired) electrons. The molecule has 0 atom stereocenters. The number of aryl methyl sites for hydroxylation is 1. The Morgan fingerprint density at radius 1 is 1.06 bits per heavy atom. The average Bonchev–Trinajstić information content (AvgIpc) is 3.22. The van der Waals surface area contributed by atoms with Crippen LogP contribution in [0.1, 0.15) is 24.8 Å². The van der Waals surface area contributed by atoms with Gasteiger partial charge in [-0.25, -0.2) is 4.98 Å². The summed E-state index contributed by atoms with van der Waals surface area (Å²) in [7, 11) is -3.71. The molecule has 1 aliphatic rings. The zero-order valence-corrected chi connectivity index (χ0v) is 20.0. The molecule has 1 aromatic heterocycles. The Kier molecular flexibility index (Phi) is 5.89. The maximum Gasteiger partial charge on any atom is 0.286 e. The highest BCUT2D eigenvalue weighted by atomic mass is 32.2. The van der Waals surface area contributed by atoms with Crippen LogP contribution in [0.2, 0.25) is 0 Å². The van der Waals surface area contributed by atoms with Gasteiger partial charge < -0.3 is 10.6 Å². The van der Waals surface area contributed by atoms with E-state index in [9.17, 15) is 13.2 Å². The van der Waals surface area contributed by atoms with Gasteiger partial charge >= 0.3 is 0 Å². The third-order valence-corrected chi connectivity index (χ3v) is 7.89. The van der Waals surface area contributed by atoms with Gasteiger partial charge in [-0.1, -0.05) is 18.2 Å². The molecule has 0 unspecified atom stereocenters. The number of benzene rings is 3. The molecular weight excluding hydrogens is 468 g/mol. The molecule has 2 heterocycles. The van der Waals surface area contributed by atoms with Crippen molar-refractivity contribution >= 4 is 54.7 Å². The van der Waals surface area contributed by atoms with Gasteiger partial charge in [0.1, 0.15) is 15.7 Å². The van der Waals surface area contributed by atoms with E-state index in [-0.39, 0.29) is 17.2 Å². The molecule has 172 valence electrons. The molecule has 0 fully saturated rings. The topological polar surface area (TPSA) is 101 Å². The second kappa shape index (κ2) is 9.00. The van der Waals surface area contributed by atoms with E-state index in [1.54, 1.807) is 29.5 Å². The lowest BCUT2D eigenvalue weighted by Crippen LogP contribution is -2.22. The van der Waals surface area contributed by atoms with E-state index in [1.807, 2.05) is 30.3 Å². The lowest BCUT2D eigenvalue weighted by molar-refractivity contribution is -0.116. The number of amides is 1. The van der Waals surface area contributed by atoms with E-state index >= 15 is 0 Å². The molecule has 34 heavy (non-hydrogen) atoms. The summed E-state index contributed by atoms with van der Waals surface area (Å²) in [5.41, 5.74) is 4.41. The SMILES string of the molecule is Cc1ccc2nc(-c3ccc(NC(=O)CCCC4=NS(=O)(=O)c5ccccc5N4)cc3)sc2c1. The Labute approximate surface area is 201 Å². The smallest absolute Gasteiger partial charge is 0.286 e. The van der Waals surface area contributed by atoms with Crippen LogP contribution in [0.4, 0.5) is 11.4 Å². The number of amidine groups is 1. The molecule has 0 spiro atoms. The van der Waals surface area contributed by atoms with Crippen LogP contribution in [0.3, 0.4) is 0 Å². The summed E-state index contributed by atoms with van der Waals surface area (Å²) >= 11 is 1.65. The Morgan fingerprint density at radius 3 is 2.68 bits per heavy atom. The predicted octanol–water partition coefficient (Wildman–Crippen LogP) is 5.59. The third kappa shape index (κ3) is 4.71. The molecule has 3 aromatic carbocycles. The predicted molar refractivity (Wildman–Crippen MR) is 137 cm³/mol. The molecule has 1 aliphatic heterocycles. The van der Waals surface area contributed by atoms with E-state index in [0.717, 1.165) is 20.8 Å². The van der Waals surface area contributed by atoms with Gasteiger partial charge in [-0.05, 0) is 67.4 Å². The molecular formula is C25H22N4O3S2. The van der Waals surface area contributed by atoms with Gasteiger partial charge in [0.2, 0.25) is 5.91 Å². The number of carbonyl (C=O) groups is 1. The third-order valence-electron chi connectivity index (χ3n) is 5.45. The van der Waals surface area contributed by atoms with Crippen molar-refractivity contribution in [2.45, 2.75) is 31.1 Å². The number of nitrogens with zero attached hydrogens (tertiary/aromatic N) is 2. The number of carbonyl (C=O) groups excluding carboxylic acids is 1. The molecule has 0 aliphatic carbocycles. The van der Waals surface area contributed by atoms with E-state index in [2.05, 4.69) is 34.1 Å². The first-order valence-corrected chi connectivity index (χ1v) is 13.1. The molecule has 1 amide bonds. The number of rotatable bonds is 6. The summed E-state index contributed by atoms with van der Waals surface area (Å²) in [6.07, 6.45) is 1.08. The number of sulfonamides is 1. The van der Waals surface area contributed by atoms with Gasteiger partial charge in [0.25, 0.3) is 10.0 Å². The Bertz CT molecular complexity index is 1520. The Morgan fingerprint density at radius 2 is 1.85 bits per heavy atom. The fourth-order valence-electron chi connectivity index (χ4n) is 3.77. The van der Waals surface area contributed by atoms with E-state index in [1.165, 1.54) is 11.6 Å². The second-order valence-corrected chi connectivity index (χ2v) is 10.7. The average molecular weight is 491 g/mol. The first-order valence-electron chi connectivity index (χ1n) is 10.8. The van der Waals surface area contributed by atoms with Gasteiger partial charge in [0.05, 0.1) is 15.9 Å². The number of hydrogen-bond donors (Lipinski definition) is 2. The highest BCUT2D eigenvalue weighted by Crippen LogP contribution is 2.31. The number of thiazole rings is 1. The van der Waals surface area contributed by atoms with Crippen LogP contribution in [0.25, 0.3) is 20.8 Å². The van der Waals surface area contributed by atoms with Crippen molar-refractivity contribution in [3.8, 4) is 10.6 Å². The van der Waals surface area contributed by atoms with Crippen LogP contribution in [0.5, 0.6) is 0 Å². The minimum Gasteiger partial charge on any atom is -0.342 e. The first kappa shape index (κ1) is 22.2. The van der Waals surface area contributed by atoms with E-state index < -0.39 is 10.0 Å². The highest BCUT2D eigenvalue weighted by molar-refractivity contribution is 7.90. The summed E-state index contributed by atoms with van der Waals surface area (Å²) in [5, 5.41) is 6.87. The minimum absolute atomic E-state index is 0.136. The van der Waals surface area contributed by atoms with Crippen LogP contribution in [0.15, 0.2) is 76.0 Å². The Balaban J connectivity index is 1.16. The van der Waals surface area contributed by atoms with Crippen molar-refractivity contribution in [3.05, 3.63) is 72.3 Å². The van der Waals surface area contributed by atoms with Crippen LogP contribution >= 0.6 is 11.3 Å². The summed E-state index contributed by atoms with van der Waals surface area (Å²) in [5.74, 6) is 0.213.